The van der Waals surface area contributed by atoms with Crippen LogP contribution in [0.2, 0.25) is 5.02 Å². The second-order valence-electron chi connectivity index (χ2n) is 3.08. The Hall–Kier alpha value is -1.55. The van der Waals surface area contributed by atoms with Crippen molar-refractivity contribution >= 4 is 28.5 Å². The van der Waals surface area contributed by atoms with E-state index in [-0.39, 0.29) is 12.5 Å². The summed E-state index contributed by atoms with van der Waals surface area (Å²) in [5.41, 5.74) is 0.827. The number of ether oxygens (including phenoxy) is 1. The first kappa shape index (κ1) is 9.98. The number of benzene rings is 1. The SMILES string of the molecule is COC(=O)Cn1ncc2ccc(Cl)cc21. The lowest BCUT2D eigenvalue weighted by Gasteiger charge is -2.01. The summed E-state index contributed by atoms with van der Waals surface area (Å²) < 4.78 is 6.13. The van der Waals surface area contributed by atoms with Crippen LogP contribution in [0.4, 0.5) is 0 Å². The van der Waals surface area contributed by atoms with Crippen LogP contribution in [0.15, 0.2) is 24.4 Å². The Morgan fingerprint density at radius 2 is 2.40 bits per heavy atom. The van der Waals surface area contributed by atoms with Crippen LogP contribution in [-0.4, -0.2) is 22.9 Å². The molecule has 15 heavy (non-hydrogen) atoms. The lowest BCUT2D eigenvalue weighted by molar-refractivity contribution is -0.141. The summed E-state index contributed by atoms with van der Waals surface area (Å²) in [4.78, 5) is 11.1. The molecule has 0 aliphatic heterocycles. The van der Waals surface area contributed by atoms with E-state index >= 15 is 0 Å². The molecule has 1 aromatic carbocycles. The number of nitrogens with zero attached hydrogens (tertiary/aromatic N) is 2. The first-order valence-corrected chi connectivity index (χ1v) is 4.76. The Morgan fingerprint density at radius 1 is 1.60 bits per heavy atom. The van der Waals surface area contributed by atoms with Crippen LogP contribution in [-0.2, 0) is 16.1 Å². The van der Waals surface area contributed by atoms with Crippen LogP contribution in [0, 0.1) is 0 Å². The topological polar surface area (TPSA) is 44.1 Å². The normalized spacial score (nSPS) is 10.5. The summed E-state index contributed by atoms with van der Waals surface area (Å²) in [7, 11) is 1.35. The second kappa shape index (κ2) is 3.90. The number of hydrogen-bond acceptors (Lipinski definition) is 3. The quantitative estimate of drug-likeness (QED) is 0.732. The molecule has 78 valence electrons. The van der Waals surface area contributed by atoms with Crippen molar-refractivity contribution in [1.29, 1.82) is 0 Å². The van der Waals surface area contributed by atoms with E-state index in [2.05, 4.69) is 9.84 Å². The molecule has 0 N–H and O–H groups in total. The molecule has 0 spiro atoms. The molecule has 2 aromatic rings. The Morgan fingerprint density at radius 3 is 3.13 bits per heavy atom. The highest BCUT2D eigenvalue weighted by molar-refractivity contribution is 6.31. The predicted octanol–water partition coefficient (Wildman–Crippen LogP) is 1.86. The van der Waals surface area contributed by atoms with Crippen LogP contribution >= 0.6 is 11.6 Å². The Bertz CT molecular complexity index is 507. The van der Waals surface area contributed by atoms with E-state index in [1.54, 1.807) is 23.0 Å². The first-order valence-electron chi connectivity index (χ1n) is 4.38. The fourth-order valence-electron chi connectivity index (χ4n) is 1.36. The largest absolute Gasteiger partial charge is 0.468 e. The van der Waals surface area contributed by atoms with E-state index in [0.717, 1.165) is 10.9 Å². The van der Waals surface area contributed by atoms with Gasteiger partial charge in [-0.25, -0.2) is 0 Å². The number of esters is 1. The van der Waals surface area contributed by atoms with Crippen LogP contribution in [0.3, 0.4) is 0 Å². The van der Waals surface area contributed by atoms with Crippen LogP contribution < -0.4 is 0 Å². The summed E-state index contributed by atoms with van der Waals surface area (Å²) in [5, 5.41) is 5.65. The highest BCUT2D eigenvalue weighted by atomic mass is 35.5. The molecule has 0 unspecified atom stereocenters. The van der Waals surface area contributed by atoms with Gasteiger partial charge in [-0.2, -0.15) is 5.10 Å². The monoisotopic (exact) mass is 224 g/mol. The molecular weight excluding hydrogens is 216 g/mol. The van der Waals surface area contributed by atoms with Crippen molar-refractivity contribution in [3.8, 4) is 0 Å². The number of aromatic nitrogens is 2. The average Bonchev–Trinajstić information content (AvgIpc) is 2.61. The third-order valence-electron chi connectivity index (χ3n) is 2.11. The number of fused-ring (bicyclic) bond motifs is 1. The molecule has 0 radical (unpaired) electrons. The molecule has 0 saturated carbocycles. The minimum Gasteiger partial charge on any atom is -0.468 e. The molecule has 0 aliphatic carbocycles. The zero-order valence-electron chi connectivity index (χ0n) is 8.11. The Kier molecular flexibility index (Phi) is 2.60. The van der Waals surface area contributed by atoms with Gasteiger partial charge < -0.3 is 4.74 Å². The van der Waals surface area contributed by atoms with E-state index in [1.807, 2.05) is 6.07 Å². The summed E-state index contributed by atoms with van der Waals surface area (Å²) in [6.07, 6.45) is 1.69. The minimum absolute atomic E-state index is 0.0976. The lowest BCUT2D eigenvalue weighted by atomic mass is 10.2. The van der Waals surface area contributed by atoms with Gasteiger partial charge in [0.15, 0.2) is 0 Å². The van der Waals surface area contributed by atoms with E-state index in [9.17, 15) is 4.79 Å². The molecule has 0 bridgehead atoms. The van der Waals surface area contributed by atoms with Crippen molar-refractivity contribution in [3.05, 3.63) is 29.4 Å². The van der Waals surface area contributed by atoms with Gasteiger partial charge in [-0.1, -0.05) is 11.6 Å². The maximum Gasteiger partial charge on any atom is 0.327 e. The van der Waals surface area contributed by atoms with Crippen molar-refractivity contribution in [1.82, 2.24) is 9.78 Å². The van der Waals surface area contributed by atoms with Gasteiger partial charge in [0.25, 0.3) is 0 Å². The second-order valence-corrected chi connectivity index (χ2v) is 3.52. The lowest BCUT2D eigenvalue weighted by Crippen LogP contribution is -2.12. The van der Waals surface area contributed by atoms with Crippen LogP contribution in [0.5, 0.6) is 0 Å². The predicted molar refractivity (Wildman–Crippen MR) is 56.8 cm³/mol. The standard InChI is InChI=1S/C10H9ClN2O2/c1-15-10(14)6-13-9-4-8(11)3-2-7(9)5-12-13/h2-5H,6H2,1H3. The molecule has 5 heteroatoms. The summed E-state index contributed by atoms with van der Waals surface area (Å²) in [6, 6.07) is 5.42. The van der Waals surface area contributed by atoms with Gasteiger partial charge in [0.05, 0.1) is 18.8 Å². The summed E-state index contributed by atoms with van der Waals surface area (Å²) >= 11 is 5.86. The van der Waals surface area contributed by atoms with E-state index in [0.29, 0.717) is 5.02 Å². The fourth-order valence-corrected chi connectivity index (χ4v) is 1.52. The van der Waals surface area contributed by atoms with Gasteiger partial charge in [-0.05, 0) is 18.2 Å². The molecule has 0 saturated heterocycles. The third kappa shape index (κ3) is 1.94. The zero-order chi connectivity index (χ0) is 10.8. The first-order chi connectivity index (χ1) is 7.20. The van der Waals surface area contributed by atoms with E-state index < -0.39 is 0 Å². The van der Waals surface area contributed by atoms with Crippen LogP contribution in [0.1, 0.15) is 0 Å². The van der Waals surface area contributed by atoms with Crippen molar-refractivity contribution in [3.63, 3.8) is 0 Å². The van der Waals surface area contributed by atoms with Gasteiger partial charge >= 0.3 is 5.97 Å². The van der Waals surface area contributed by atoms with Crippen molar-refractivity contribution in [2.45, 2.75) is 6.54 Å². The van der Waals surface area contributed by atoms with Crippen LogP contribution in [0.25, 0.3) is 10.9 Å². The average molecular weight is 225 g/mol. The maximum atomic E-state index is 11.1. The van der Waals surface area contributed by atoms with E-state index in [1.165, 1.54) is 7.11 Å². The summed E-state index contributed by atoms with van der Waals surface area (Å²) in [5.74, 6) is -0.333. The molecule has 1 heterocycles. The van der Waals surface area contributed by atoms with Crippen molar-refractivity contribution in [2.24, 2.45) is 0 Å². The molecule has 4 nitrogen and oxygen atoms in total. The van der Waals surface area contributed by atoms with Crippen molar-refractivity contribution in [2.75, 3.05) is 7.11 Å². The molecule has 0 amide bonds. The highest BCUT2D eigenvalue weighted by Gasteiger charge is 2.07. The van der Waals surface area contributed by atoms with Crippen molar-refractivity contribution < 1.29 is 9.53 Å². The number of rotatable bonds is 2. The molecule has 0 fully saturated rings. The highest BCUT2D eigenvalue weighted by Crippen LogP contribution is 2.18. The van der Waals surface area contributed by atoms with Gasteiger partial charge in [0.1, 0.15) is 6.54 Å². The van der Waals surface area contributed by atoms with Gasteiger partial charge in [0.2, 0.25) is 0 Å². The number of methoxy groups -OCH3 is 1. The van der Waals surface area contributed by atoms with Gasteiger partial charge in [-0.3, -0.25) is 9.48 Å². The molecule has 0 aliphatic rings. The third-order valence-corrected chi connectivity index (χ3v) is 2.35. The Balaban J connectivity index is 2.43. The molecule has 2 rings (SSSR count). The number of carbonyl (C=O) groups is 1. The summed E-state index contributed by atoms with van der Waals surface area (Å²) in [6.45, 7) is 0.0976. The molecule has 0 atom stereocenters. The minimum atomic E-state index is -0.333. The Labute approximate surface area is 91.4 Å². The van der Waals surface area contributed by atoms with E-state index in [4.69, 9.17) is 11.6 Å². The number of hydrogen-bond donors (Lipinski definition) is 0. The van der Waals surface area contributed by atoms with Gasteiger partial charge in [0, 0.05) is 10.4 Å². The zero-order valence-corrected chi connectivity index (χ0v) is 8.86. The fraction of sp³-hybridized carbons (Fsp3) is 0.200. The maximum absolute atomic E-state index is 11.1. The number of carbonyl (C=O) groups excluding carboxylic acids is 1. The smallest absolute Gasteiger partial charge is 0.327 e. The molecule has 1 aromatic heterocycles. The number of halogens is 1. The van der Waals surface area contributed by atoms with Gasteiger partial charge in [-0.15, -0.1) is 0 Å². The molecular formula is C10H9ClN2O2.